The number of ether oxygens (including phenoxy) is 9. The van der Waals surface area contributed by atoms with Gasteiger partial charge in [-0.3, -0.25) is 4.18 Å². The van der Waals surface area contributed by atoms with Crippen molar-refractivity contribution in [2.45, 2.75) is 64.7 Å². The van der Waals surface area contributed by atoms with Gasteiger partial charge in [0.1, 0.15) is 72.5 Å². The second-order valence-corrected chi connectivity index (χ2v) is 22.4. The van der Waals surface area contributed by atoms with Crippen molar-refractivity contribution in [3.63, 3.8) is 0 Å². The number of aromatic nitrogens is 4. The first-order valence-corrected chi connectivity index (χ1v) is 29.9. The summed E-state index contributed by atoms with van der Waals surface area (Å²) in [4.78, 5) is 33.6. The van der Waals surface area contributed by atoms with Crippen LogP contribution in [-0.4, -0.2) is 118 Å². The van der Waals surface area contributed by atoms with E-state index in [2.05, 4.69) is 21.5 Å². The van der Waals surface area contributed by atoms with Crippen molar-refractivity contribution in [1.82, 2.24) is 19.9 Å². The first-order chi connectivity index (χ1) is 41.0. The summed E-state index contributed by atoms with van der Waals surface area (Å²) in [5, 5.41) is 11.4. The van der Waals surface area contributed by atoms with Crippen LogP contribution in [0.15, 0.2) is 121 Å². The van der Waals surface area contributed by atoms with E-state index in [0.29, 0.717) is 116 Å². The van der Waals surface area contributed by atoms with E-state index in [1.165, 1.54) is 54.1 Å². The molecule has 0 bridgehead atoms. The number of phenolic OH excluding ortho intramolecular Hbond substituents is 1. The average molecular weight is 1240 g/mol. The zero-order valence-corrected chi connectivity index (χ0v) is 50.7. The van der Waals surface area contributed by atoms with E-state index in [9.17, 15) is 22.7 Å². The second-order valence-electron chi connectivity index (χ2n) is 19.0. The fourth-order valence-corrected chi connectivity index (χ4v) is 11.5. The number of phenols is 1. The zero-order valence-electron chi connectivity index (χ0n) is 47.5. The van der Waals surface area contributed by atoms with Crippen LogP contribution < -0.4 is 23.7 Å². The summed E-state index contributed by atoms with van der Waals surface area (Å²) in [7, 11) is -2.66. The summed E-state index contributed by atoms with van der Waals surface area (Å²) in [6, 6.07) is 23.9. The highest BCUT2D eigenvalue weighted by atomic mass is 35.5. The zero-order chi connectivity index (χ0) is 60.6. The van der Waals surface area contributed by atoms with Crippen LogP contribution in [-0.2, 0) is 51.1 Å². The number of para-hydroxylation sites is 1. The molecule has 0 radical (unpaired) electrons. The number of fused-ring (bicyclic) bond motifs is 1. The van der Waals surface area contributed by atoms with E-state index in [1.54, 1.807) is 84.3 Å². The summed E-state index contributed by atoms with van der Waals surface area (Å²) in [6.07, 6.45) is 2.00. The van der Waals surface area contributed by atoms with Gasteiger partial charge in [0.25, 0.3) is 10.1 Å². The Kier molecular flexibility index (Phi) is 22.5. The minimum Gasteiger partial charge on any atom is -0.508 e. The minimum atomic E-state index is -4.27. The molecule has 2 atom stereocenters. The van der Waals surface area contributed by atoms with Crippen LogP contribution in [0.5, 0.6) is 34.6 Å². The number of aryl methyl sites for hydroxylation is 1. The minimum absolute atomic E-state index is 0.00655. The number of hydrogen-bond donors (Lipinski definition) is 1. The molecule has 0 spiro atoms. The predicted octanol–water partition coefficient (Wildman–Crippen LogP) is 12.5. The maximum absolute atomic E-state index is 14.6. The Balaban J connectivity index is 1.06. The van der Waals surface area contributed by atoms with Gasteiger partial charge in [0.05, 0.1) is 71.2 Å². The Bertz CT molecular complexity index is 3710. The van der Waals surface area contributed by atoms with Gasteiger partial charge in [-0.05, 0) is 117 Å². The standard InChI is InChI=1S/C62H63Cl2FN4O14S2/c1-8-24-78-50-33-46(20-14-37(50)3)85(72,73)81-34-38(4)82-57-55(63)39(5)52(40(6)56(57)64)53-54-60(67-36-68-61(54)84-58(53)41-15-17-43(65)18-16-41)83-51(62(71)77-9-2)32-42-31-45(70)19-21-48(42)80-35-44-22-23-66-59(69-44)47-12-10-11-13-49(47)79-30-29-76-28-27-75-26-25-74-7/h8,10-23,31,33,36,38,51,70H,1,9,24-30,32,34-35H2,2-7H3/t38-,51?/m1/s1. The first-order valence-electron chi connectivity index (χ1n) is 26.9. The third-order valence-corrected chi connectivity index (χ3v) is 16.3. The van der Waals surface area contributed by atoms with Crippen LogP contribution in [0.1, 0.15) is 41.8 Å². The SMILES string of the molecule is C=CCOc1cc(S(=O)(=O)OC[C@@H](C)Oc2c(Cl)c(C)c(-c3c(-c4ccc(F)cc4)sc4ncnc(OC(Cc5cc(O)ccc5OCc5ccnc(-c6ccccc6OCCOCCOCCOC)n5)C(=O)OCC)c34)c(C)c2Cl)ccc1C. The maximum Gasteiger partial charge on any atom is 0.347 e. The van der Waals surface area contributed by atoms with Crippen molar-refractivity contribution in [2.75, 3.05) is 66.6 Å². The molecule has 8 rings (SSSR count). The van der Waals surface area contributed by atoms with Crippen molar-refractivity contribution >= 4 is 60.8 Å². The lowest BCUT2D eigenvalue weighted by atomic mass is 9.92. The van der Waals surface area contributed by atoms with E-state index < -0.39 is 40.7 Å². The number of carbonyl (C=O) groups is 1. The number of halogens is 3. The molecule has 0 aliphatic carbocycles. The Morgan fingerprint density at radius 3 is 2.27 bits per heavy atom. The molecule has 23 heteroatoms. The van der Waals surface area contributed by atoms with Crippen molar-refractivity contribution in [3.05, 3.63) is 160 Å². The summed E-state index contributed by atoms with van der Waals surface area (Å²) in [5.74, 6) is 0.361. The van der Waals surface area contributed by atoms with Gasteiger partial charge in [-0.15, -0.1) is 11.3 Å². The largest absolute Gasteiger partial charge is 0.508 e. The monoisotopic (exact) mass is 1240 g/mol. The molecule has 0 saturated heterocycles. The van der Waals surface area contributed by atoms with E-state index in [1.807, 2.05) is 24.3 Å². The molecule has 5 aromatic carbocycles. The summed E-state index contributed by atoms with van der Waals surface area (Å²) < 4.78 is 99.5. The molecule has 8 aromatic rings. The normalized spacial score (nSPS) is 12.2. The molecular formula is C62H63Cl2FN4O14S2. The van der Waals surface area contributed by atoms with Crippen molar-refractivity contribution in [1.29, 1.82) is 0 Å². The van der Waals surface area contributed by atoms with Crippen LogP contribution in [0.3, 0.4) is 0 Å². The lowest BCUT2D eigenvalue weighted by Gasteiger charge is -2.23. The second kappa shape index (κ2) is 30.1. The highest BCUT2D eigenvalue weighted by molar-refractivity contribution is 7.86. The third kappa shape index (κ3) is 16.1. The molecule has 0 fully saturated rings. The molecule has 0 saturated carbocycles. The molecule has 18 nitrogen and oxygen atoms in total. The van der Waals surface area contributed by atoms with Gasteiger partial charge >= 0.3 is 5.97 Å². The Labute approximate surface area is 506 Å². The Morgan fingerprint density at radius 2 is 1.54 bits per heavy atom. The van der Waals surface area contributed by atoms with E-state index >= 15 is 0 Å². The third-order valence-electron chi connectivity index (χ3n) is 13.0. The fraction of sp³-hybridized carbons (Fsp3) is 0.306. The van der Waals surface area contributed by atoms with Gasteiger partial charge in [-0.1, -0.05) is 66.2 Å². The topological polar surface area (TPSA) is 215 Å². The van der Waals surface area contributed by atoms with Crippen molar-refractivity contribution < 1.29 is 69.5 Å². The van der Waals surface area contributed by atoms with Gasteiger partial charge in [-0.2, -0.15) is 8.42 Å². The Morgan fingerprint density at radius 1 is 0.812 bits per heavy atom. The quantitative estimate of drug-likeness (QED) is 0.0185. The predicted molar refractivity (Wildman–Crippen MR) is 322 cm³/mol. The van der Waals surface area contributed by atoms with E-state index in [0.717, 1.165) is 5.56 Å². The lowest BCUT2D eigenvalue weighted by Crippen LogP contribution is -2.32. The van der Waals surface area contributed by atoms with Crippen LogP contribution >= 0.6 is 34.5 Å². The number of aromatic hydroxyl groups is 1. The van der Waals surface area contributed by atoms with Crippen molar-refractivity contribution in [2.24, 2.45) is 0 Å². The van der Waals surface area contributed by atoms with Crippen LogP contribution in [0.2, 0.25) is 10.0 Å². The lowest BCUT2D eigenvalue weighted by molar-refractivity contribution is -0.151. The number of esters is 1. The van der Waals surface area contributed by atoms with Crippen LogP contribution in [0, 0.1) is 26.6 Å². The molecule has 0 amide bonds. The van der Waals surface area contributed by atoms with Crippen LogP contribution in [0.4, 0.5) is 4.39 Å². The van der Waals surface area contributed by atoms with Gasteiger partial charge in [0, 0.05) is 41.8 Å². The van der Waals surface area contributed by atoms with E-state index in [4.69, 9.17) is 75.0 Å². The van der Waals surface area contributed by atoms with Gasteiger partial charge in [0.15, 0.2) is 11.6 Å². The van der Waals surface area contributed by atoms with Gasteiger partial charge in [0.2, 0.25) is 12.0 Å². The molecule has 0 aliphatic rings. The molecule has 3 heterocycles. The smallest absolute Gasteiger partial charge is 0.347 e. The maximum atomic E-state index is 14.6. The summed E-state index contributed by atoms with van der Waals surface area (Å²) in [6.45, 7) is 14.4. The highest BCUT2D eigenvalue weighted by Gasteiger charge is 2.32. The number of methoxy groups -OCH3 is 1. The number of benzene rings is 5. The molecule has 0 aliphatic heterocycles. The average Bonchev–Trinajstić information content (AvgIpc) is 1.81. The van der Waals surface area contributed by atoms with Crippen molar-refractivity contribution in [3.8, 4) is 67.6 Å². The summed E-state index contributed by atoms with van der Waals surface area (Å²) in [5.41, 5.74) is 4.87. The summed E-state index contributed by atoms with van der Waals surface area (Å²) >= 11 is 15.7. The van der Waals surface area contributed by atoms with Crippen LogP contribution in [0.25, 0.3) is 43.2 Å². The molecule has 1 N–H and O–H groups in total. The molecule has 85 heavy (non-hydrogen) atoms. The number of hydrogen-bond acceptors (Lipinski definition) is 19. The van der Waals surface area contributed by atoms with Gasteiger partial charge in [-0.25, -0.2) is 29.1 Å². The van der Waals surface area contributed by atoms with E-state index in [-0.39, 0.29) is 65.2 Å². The molecule has 1 unspecified atom stereocenters. The molecule has 3 aromatic heterocycles. The highest BCUT2D eigenvalue weighted by Crippen LogP contribution is 2.53. The molecule has 448 valence electrons. The number of thiophene rings is 1. The number of nitrogens with zero attached hydrogens (tertiary/aromatic N) is 4. The number of rotatable bonds is 31. The van der Waals surface area contributed by atoms with Gasteiger partial charge < -0.3 is 47.7 Å². The molecular weight excluding hydrogens is 1180 g/mol. The number of carbonyl (C=O) groups excluding carboxylic acids is 1. The fourth-order valence-electron chi connectivity index (χ4n) is 8.80. The Hall–Kier alpha value is -7.47. The first kappa shape index (κ1) is 63.5.